The molecule has 36 heavy (non-hydrogen) atoms. The van der Waals surface area contributed by atoms with E-state index < -0.39 is 0 Å². The van der Waals surface area contributed by atoms with Crippen LogP contribution in [0.2, 0.25) is 0 Å². The fourth-order valence-electron chi connectivity index (χ4n) is 4.33. The summed E-state index contributed by atoms with van der Waals surface area (Å²) < 4.78 is 13.7. The van der Waals surface area contributed by atoms with Gasteiger partial charge in [-0.05, 0) is 54.4 Å². The van der Waals surface area contributed by atoms with Crippen LogP contribution in [0.4, 0.5) is 10.1 Å². The number of hydrogen-bond donors (Lipinski definition) is 3. The largest absolute Gasteiger partial charge is 0.353 e. The number of aromatic nitrogens is 5. The molecule has 6 aromatic rings. The summed E-state index contributed by atoms with van der Waals surface area (Å²) in [6.45, 7) is 1.97. The Balaban J connectivity index is 1.40. The fourth-order valence-corrected chi connectivity index (χ4v) is 5.08. The smallest absolute Gasteiger partial charge is 0.224 e. The van der Waals surface area contributed by atoms with Gasteiger partial charge in [0.15, 0.2) is 5.13 Å². The maximum Gasteiger partial charge on any atom is 0.224 e. The third kappa shape index (κ3) is 4.03. The standard InChI is InChI=1S/C27H21FN6OS/c1-2-3-25(35)31-17-10-16(13-29-14-17)15-4-5-21-18(11-15)26(34-33-21)22-12-19-20(32-22)8-9-30-27(19)23-6-7-24(28)36-23/h4-14,32H,2-3H2,1H3,(H,31,35)(H,33,34). The summed E-state index contributed by atoms with van der Waals surface area (Å²) in [7, 11) is 0. The maximum atomic E-state index is 13.7. The summed E-state index contributed by atoms with van der Waals surface area (Å²) >= 11 is 1.07. The molecule has 178 valence electrons. The molecular weight excluding hydrogens is 475 g/mol. The van der Waals surface area contributed by atoms with Crippen LogP contribution in [-0.4, -0.2) is 31.1 Å². The number of pyridine rings is 2. The van der Waals surface area contributed by atoms with Gasteiger partial charge in [-0.15, -0.1) is 11.3 Å². The number of rotatable bonds is 6. The first-order valence-corrected chi connectivity index (χ1v) is 12.4. The first-order valence-electron chi connectivity index (χ1n) is 11.6. The van der Waals surface area contributed by atoms with E-state index in [1.165, 1.54) is 6.07 Å². The number of nitrogens with zero attached hydrogens (tertiary/aromatic N) is 3. The molecule has 3 N–H and O–H groups in total. The molecule has 0 aliphatic rings. The molecule has 0 radical (unpaired) electrons. The van der Waals surface area contributed by atoms with Crippen molar-refractivity contribution in [1.82, 2.24) is 25.1 Å². The Morgan fingerprint density at radius 3 is 2.72 bits per heavy atom. The number of thiophene rings is 1. The lowest BCUT2D eigenvalue weighted by Gasteiger charge is -2.07. The van der Waals surface area contributed by atoms with E-state index in [-0.39, 0.29) is 11.0 Å². The molecule has 0 fully saturated rings. The lowest BCUT2D eigenvalue weighted by atomic mass is 10.0. The quantitative estimate of drug-likeness (QED) is 0.237. The molecule has 9 heteroatoms. The highest BCUT2D eigenvalue weighted by Crippen LogP contribution is 2.36. The van der Waals surface area contributed by atoms with E-state index in [4.69, 9.17) is 0 Å². The van der Waals surface area contributed by atoms with Gasteiger partial charge in [0.25, 0.3) is 0 Å². The third-order valence-electron chi connectivity index (χ3n) is 6.01. The molecule has 0 aliphatic carbocycles. The van der Waals surface area contributed by atoms with E-state index in [1.807, 2.05) is 37.3 Å². The number of benzene rings is 1. The first-order chi connectivity index (χ1) is 17.6. The maximum absolute atomic E-state index is 13.7. The number of carbonyl (C=O) groups excluding carboxylic acids is 1. The average molecular weight is 497 g/mol. The number of carbonyl (C=O) groups is 1. The Bertz CT molecular complexity index is 1730. The second-order valence-electron chi connectivity index (χ2n) is 8.50. The van der Waals surface area contributed by atoms with Gasteiger partial charge in [-0.2, -0.15) is 9.49 Å². The van der Waals surface area contributed by atoms with Crippen LogP contribution in [0.1, 0.15) is 19.8 Å². The summed E-state index contributed by atoms with van der Waals surface area (Å²) in [5, 5.41) is 12.2. The topological polar surface area (TPSA) is 99.3 Å². The Hall–Kier alpha value is -4.37. The Morgan fingerprint density at radius 1 is 1.00 bits per heavy atom. The second kappa shape index (κ2) is 9.01. The Morgan fingerprint density at radius 2 is 1.89 bits per heavy atom. The molecule has 1 amide bonds. The Kier molecular flexibility index (Phi) is 5.54. The number of fused-ring (bicyclic) bond motifs is 2. The average Bonchev–Trinajstić information content (AvgIpc) is 3.61. The van der Waals surface area contributed by atoms with Gasteiger partial charge in [-0.1, -0.05) is 13.0 Å². The van der Waals surface area contributed by atoms with Crippen molar-refractivity contribution in [3.63, 3.8) is 0 Å². The number of amides is 1. The summed E-state index contributed by atoms with van der Waals surface area (Å²) in [6.07, 6.45) is 6.40. The van der Waals surface area contributed by atoms with Crippen molar-refractivity contribution in [2.75, 3.05) is 5.32 Å². The SMILES string of the molecule is CCCC(=O)Nc1cncc(-c2ccc3[nH]nc(-c4cc5c(-c6ccc(F)s6)nccc5[nH]4)c3c2)c1. The van der Waals surface area contributed by atoms with Crippen LogP contribution >= 0.6 is 11.3 Å². The molecular formula is C27H21FN6OS. The minimum absolute atomic E-state index is 0.0259. The number of halogens is 1. The molecule has 5 heterocycles. The highest BCUT2D eigenvalue weighted by molar-refractivity contribution is 7.13. The van der Waals surface area contributed by atoms with Crippen LogP contribution in [0.15, 0.2) is 67.1 Å². The molecule has 0 spiro atoms. The molecule has 0 bridgehead atoms. The zero-order valence-electron chi connectivity index (χ0n) is 19.3. The first kappa shape index (κ1) is 22.1. The highest BCUT2D eigenvalue weighted by Gasteiger charge is 2.16. The van der Waals surface area contributed by atoms with Crippen molar-refractivity contribution in [1.29, 1.82) is 0 Å². The predicted octanol–water partition coefficient (Wildman–Crippen LogP) is 6.77. The number of nitrogens with one attached hydrogen (secondary N) is 3. The molecule has 0 aliphatic heterocycles. The summed E-state index contributed by atoms with van der Waals surface area (Å²) in [6, 6.07) is 15.1. The Labute approximate surface area is 209 Å². The van der Waals surface area contributed by atoms with E-state index in [9.17, 15) is 9.18 Å². The van der Waals surface area contributed by atoms with Crippen LogP contribution in [0.25, 0.3) is 54.9 Å². The molecule has 0 saturated heterocycles. The molecule has 6 rings (SSSR count). The lowest BCUT2D eigenvalue weighted by Crippen LogP contribution is -2.10. The summed E-state index contributed by atoms with van der Waals surface area (Å²) in [5.41, 5.74) is 6.64. The van der Waals surface area contributed by atoms with Gasteiger partial charge in [0.1, 0.15) is 5.69 Å². The van der Waals surface area contributed by atoms with Crippen LogP contribution in [0.3, 0.4) is 0 Å². The van der Waals surface area contributed by atoms with Crippen molar-refractivity contribution in [2.24, 2.45) is 0 Å². The molecule has 0 saturated carbocycles. The number of aromatic amines is 2. The molecule has 0 atom stereocenters. The highest BCUT2D eigenvalue weighted by atomic mass is 32.1. The molecule has 1 aromatic carbocycles. The number of anilines is 1. The zero-order valence-corrected chi connectivity index (χ0v) is 20.1. The van der Waals surface area contributed by atoms with Crippen LogP contribution < -0.4 is 5.32 Å². The van der Waals surface area contributed by atoms with Gasteiger partial charge in [0.2, 0.25) is 5.91 Å². The van der Waals surface area contributed by atoms with Crippen molar-refractivity contribution >= 4 is 44.7 Å². The van der Waals surface area contributed by atoms with E-state index in [1.54, 1.807) is 24.7 Å². The van der Waals surface area contributed by atoms with Gasteiger partial charge in [-0.3, -0.25) is 19.9 Å². The summed E-state index contributed by atoms with van der Waals surface area (Å²) in [4.78, 5) is 25.0. The number of hydrogen-bond acceptors (Lipinski definition) is 5. The van der Waals surface area contributed by atoms with Crippen molar-refractivity contribution in [3.8, 4) is 33.1 Å². The lowest BCUT2D eigenvalue weighted by molar-refractivity contribution is -0.116. The van der Waals surface area contributed by atoms with E-state index in [2.05, 4.69) is 36.5 Å². The molecule has 7 nitrogen and oxygen atoms in total. The fraction of sp³-hybridized carbons (Fsp3) is 0.111. The van der Waals surface area contributed by atoms with E-state index in [0.717, 1.165) is 72.6 Å². The molecule has 0 unspecified atom stereocenters. The van der Waals surface area contributed by atoms with Crippen LogP contribution in [0.5, 0.6) is 0 Å². The predicted molar refractivity (Wildman–Crippen MR) is 141 cm³/mol. The van der Waals surface area contributed by atoms with Gasteiger partial charge in [0.05, 0.1) is 33.7 Å². The van der Waals surface area contributed by atoms with Crippen LogP contribution in [-0.2, 0) is 4.79 Å². The third-order valence-corrected chi connectivity index (χ3v) is 6.89. The van der Waals surface area contributed by atoms with Gasteiger partial charge in [-0.25, -0.2) is 0 Å². The van der Waals surface area contributed by atoms with Crippen molar-refractivity contribution in [3.05, 3.63) is 72.3 Å². The van der Waals surface area contributed by atoms with E-state index >= 15 is 0 Å². The van der Waals surface area contributed by atoms with Gasteiger partial charge in [0, 0.05) is 40.7 Å². The minimum atomic E-state index is -0.242. The minimum Gasteiger partial charge on any atom is -0.353 e. The van der Waals surface area contributed by atoms with E-state index in [0.29, 0.717) is 12.1 Å². The van der Waals surface area contributed by atoms with Crippen LogP contribution in [0, 0.1) is 5.13 Å². The second-order valence-corrected chi connectivity index (χ2v) is 9.53. The summed E-state index contributed by atoms with van der Waals surface area (Å²) in [5.74, 6) is -0.0259. The monoisotopic (exact) mass is 496 g/mol. The van der Waals surface area contributed by atoms with Gasteiger partial charge < -0.3 is 10.3 Å². The molecule has 5 aromatic heterocycles. The zero-order chi connectivity index (χ0) is 24.6. The van der Waals surface area contributed by atoms with Gasteiger partial charge >= 0.3 is 0 Å². The van der Waals surface area contributed by atoms with Crippen molar-refractivity contribution < 1.29 is 9.18 Å². The van der Waals surface area contributed by atoms with Crippen molar-refractivity contribution in [2.45, 2.75) is 19.8 Å². The number of H-pyrrole nitrogens is 2. The normalized spacial score (nSPS) is 11.4.